The third-order valence-electron chi connectivity index (χ3n) is 2.22. The second kappa shape index (κ2) is 5.99. The van der Waals surface area contributed by atoms with Gasteiger partial charge in [0.05, 0.1) is 5.37 Å². The number of hydrogen-bond donors (Lipinski definition) is 1. The van der Waals surface area contributed by atoms with Crippen LogP contribution in [0.4, 0.5) is 0 Å². The zero-order valence-corrected chi connectivity index (χ0v) is 10.2. The van der Waals surface area contributed by atoms with Gasteiger partial charge in [0.1, 0.15) is 0 Å². The first-order valence-corrected chi connectivity index (χ1v) is 6.18. The number of rotatable bonds is 5. The molecule has 0 unspecified atom stereocenters. The summed E-state index contributed by atoms with van der Waals surface area (Å²) in [5, 5.41) is 0.635. The van der Waals surface area contributed by atoms with Crippen LogP contribution in [0.25, 0.3) is 0 Å². The first-order chi connectivity index (χ1) is 7.15. The van der Waals surface area contributed by atoms with E-state index in [4.69, 9.17) is 5.73 Å². The normalized spacial score (nSPS) is 14.9. The summed E-state index contributed by atoms with van der Waals surface area (Å²) in [7, 11) is 0. The molecule has 0 heterocycles. The topological polar surface area (TPSA) is 26.0 Å². The van der Waals surface area contributed by atoms with E-state index in [1.807, 2.05) is 24.3 Å². The van der Waals surface area contributed by atoms with E-state index in [1.165, 1.54) is 5.56 Å². The lowest BCUT2D eigenvalue weighted by molar-refractivity contribution is 0.791. The average molecular weight is 221 g/mol. The lowest BCUT2D eigenvalue weighted by Crippen LogP contribution is -2.25. The van der Waals surface area contributed by atoms with Gasteiger partial charge in [-0.1, -0.05) is 50.3 Å². The van der Waals surface area contributed by atoms with Crippen molar-refractivity contribution in [2.24, 2.45) is 5.73 Å². The van der Waals surface area contributed by atoms with Crippen molar-refractivity contribution < 1.29 is 0 Å². The molecule has 82 valence electrons. The summed E-state index contributed by atoms with van der Waals surface area (Å²) in [5.41, 5.74) is 7.40. The van der Waals surface area contributed by atoms with Crippen LogP contribution in [0.2, 0.25) is 0 Å². The largest absolute Gasteiger partial charge is 0.319 e. The summed E-state index contributed by atoms with van der Waals surface area (Å²) in [4.78, 5) is 0. The Morgan fingerprint density at radius 2 is 1.87 bits per heavy atom. The Kier molecular flexibility index (Phi) is 4.92. The molecule has 0 spiro atoms. The molecular formula is C13H19NS. The Hall–Kier alpha value is -0.730. The summed E-state index contributed by atoms with van der Waals surface area (Å²) in [5.74, 6) is 0.235. The Morgan fingerprint density at radius 1 is 1.27 bits per heavy atom. The number of benzene rings is 1. The van der Waals surface area contributed by atoms with E-state index in [1.54, 1.807) is 11.8 Å². The maximum absolute atomic E-state index is 6.15. The fourth-order valence-electron chi connectivity index (χ4n) is 1.53. The minimum Gasteiger partial charge on any atom is -0.319 e. The van der Waals surface area contributed by atoms with Crippen LogP contribution in [-0.4, -0.2) is 10.6 Å². The molecule has 0 radical (unpaired) electrons. The summed E-state index contributed by atoms with van der Waals surface area (Å²) >= 11 is 1.79. The van der Waals surface area contributed by atoms with Crippen LogP contribution in [-0.2, 0) is 0 Å². The second-order valence-electron chi connectivity index (χ2n) is 3.82. The van der Waals surface area contributed by atoms with Gasteiger partial charge in [0.2, 0.25) is 0 Å². The van der Waals surface area contributed by atoms with Gasteiger partial charge in [-0.2, -0.15) is 0 Å². The van der Waals surface area contributed by atoms with Crippen LogP contribution in [0, 0.1) is 0 Å². The summed E-state index contributed by atoms with van der Waals surface area (Å²) in [6, 6.07) is 10.3. The standard InChI is InChI=1S/C13H19NS/c1-4-12(13(14)15-10(2)3)11-8-6-5-7-9-11/h4-10,12-13H,1,14H2,2-3H3/t12-,13-/m1/s1. The second-order valence-corrected chi connectivity index (χ2v) is 5.58. The van der Waals surface area contributed by atoms with E-state index in [-0.39, 0.29) is 11.3 Å². The monoisotopic (exact) mass is 221 g/mol. The predicted octanol–water partition coefficient (Wildman–Crippen LogP) is 3.38. The van der Waals surface area contributed by atoms with Gasteiger partial charge in [-0.15, -0.1) is 18.3 Å². The Balaban J connectivity index is 2.75. The minimum atomic E-state index is 0.0879. The van der Waals surface area contributed by atoms with Gasteiger partial charge in [0.25, 0.3) is 0 Å². The van der Waals surface area contributed by atoms with Crippen molar-refractivity contribution in [3.63, 3.8) is 0 Å². The van der Waals surface area contributed by atoms with Gasteiger partial charge in [0, 0.05) is 11.2 Å². The number of nitrogens with two attached hydrogens (primary N) is 1. The van der Waals surface area contributed by atoms with E-state index in [2.05, 4.69) is 32.6 Å². The van der Waals surface area contributed by atoms with Crippen molar-refractivity contribution >= 4 is 11.8 Å². The average Bonchev–Trinajstić information content (AvgIpc) is 2.19. The van der Waals surface area contributed by atoms with Crippen molar-refractivity contribution in [2.75, 3.05) is 0 Å². The highest BCUT2D eigenvalue weighted by molar-refractivity contribution is 8.00. The van der Waals surface area contributed by atoms with Crippen LogP contribution in [0.1, 0.15) is 25.3 Å². The Labute approximate surface area is 96.8 Å². The fourth-order valence-corrected chi connectivity index (χ4v) is 2.60. The SMILES string of the molecule is C=C[C@H](c1ccccc1)[C@H](N)SC(C)C. The molecule has 0 aliphatic rings. The third kappa shape index (κ3) is 3.73. The molecule has 0 amide bonds. The molecule has 15 heavy (non-hydrogen) atoms. The zero-order chi connectivity index (χ0) is 11.3. The van der Waals surface area contributed by atoms with E-state index in [0.29, 0.717) is 5.25 Å². The molecule has 0 fully saturated rings. The van der Waals surface area contributed by atoms with E-state index in [0.717, 1.165) is 0 Å². The molecule has 0 aliphatic carbocycles. The van der Waals surface area contributed by atoms with E-state index < -0.39 is 0 Å². The molecule has 0 aromatic heterocycles. The van der Waals surface area contributed by atoms with Gasteiger partial charge in [-0.05, 0) is 5.56 Å². The first-order valence-electron chi connectivity index (χ1n) is 5.23. The van der Waals surface area contributed by atoms with Crippen molar-refractivity contribution in [3.8, 4) is 0 Å². The fraction of sp³-hybridized carbons (Fsp3) is 0.385. The van der Waals surface area contributed by atoms with Crippen molar-refractivity contribution in [1.29, 1.82) is 0 Å². The maximum Gasteiger partial charge on any atom is 0.0614 e. The van der Waals surface area contributed by atoms with Crippen LogP contribution < -0.4 is 5.73 Å². The summed E-state index contributed by atoms with van der Waals surface area (Å²) in [6.45, 7) is 8.20. The van der Waals surface area contributed by atoms with Crippen LogP contribution in [0.15, 0.2) is 43.0 Å². The van der Waals surface area contributed by atoms with Gasteiger partial charge >= 0.3 is 0 Å². The highest BCUT2D eigenvalue weighted by Crippen LogP contribution is 2.28. The maximum atomic E-state index is 6.15. The molecule has 2 N–H and O–H groups in total. The molecular weight excluding hydrogens is 202 g/mol. The van der Waals surface area contributed by atoms with Crippen molar-refractivity contribution in [2.45, 2.75) is 30.4 Å². The van der Waals surface area contributed by atoms with E-state index in [9.17, 15) is 0 Å². The molecule has 1 nitrogen and oxygen atoms in total. The Bertz CT molecular complexity index is 295. The lowest BCUT2D eigenvalue weighted by Gasteiger charge is -2.22. The highest BCUT2D eigenvalue weighted by atomic mass is 32.2. The molecule has 0 aliphatic heterocycles. The quantitative estimate of drug-likeness (QED) is 0.609. The van der Waals surface area contributed by atoms with Crippen LogP contribution >= 0.6 is 11.8 Å². The van der Waals surface area contributed by atoms with Crippen molar-refractivity contribution in [3.05, 3.63) is 48.6 Å². The third-order valence-corrected chi connectivity index (χ3v) is 3.37. The summed E-state index contributed by atoms with van der Waals surface area (Å²) < 4.78 is 0. The van der Waals surface area contributed by atoms with Gasteiger partial charge < -0.3 is 5.73 Å². The van der Waals surface area contributed by atoms with Gasteiger partial charge in [-0.3, -0.25) is 0 Å². The molecule has 0 saturated carbocycles. The van der Waals surface area contributed by atoms with Gasteiger partial charge in [0.15, 0.2) is 0 Å². The van der Waals surface area contributed by atoms with Gasteiger partial charge in [-0.25, -0.2) is 0 Å². The molecule has 0 bridgehead atoms. The molecule has 1 aromatic rings. The summed E-state index contributed by atoms with van der Waals surface area (Å²) in [6.07, 6.45) is 1.94. The van der Waals surface area contributed by atoms with Crippen LogP contribution in [0.5, 0.6) is 0 Å². The van der Waals surface area contributed by atoms with Crippen molar-refractivity contribution in [1.82, 2.24) is 0 Å². The molecule has 2 atom stereocenters. The Morgan fingerprint density at radius 3 is 2.33 bits per heavy atom. The zero-order valence-electron chi connectivity index (χ0n) is 9.39. The number of thioether (sulfide) groups is 1. The predicted molar refractivity (Wildman–Crippen MR) is 70.1 cm³/mol. The lowest BCUT2D eigenvalue weighted by atomic mass is 9.99. The first kappa shape index (κ1) is 12.3. The minimum absolute atomic E-state index is 0.0879. The molecule has 1 aromatic carbocycles. The molecule has 1 rings (SSSR count). The van der Waals surface area contributed by atoms with Crippen LogP contribution in [0.3, 0.4) is 0 Å². The smallest absolute Gasteiger partial charge is 0.0614 e. The number of hydrogen-bond acceptors (Lipinski definition) is 2. The highest BCUT2D eigenvalue weighted by Gasteiger charge is 2.17. The molecule has 2 heteroatoms. The molecule has 0 saturated heterocycles. The van der Waals surface area contributed by atoms with E-state index >= 15 is 0 Å².